The lowest BCUT2D eigenvalue weighted by molar-refractivity contribution is -0.132. The highest BCUT2D eigenvalue weighted by Crippen LogP contribution is 2.17. The Bertz CT molecular complexity index is 204. The predicted molar refractivity (Wildman–Crippen MR) is 59.1 cm³/mol. The number of hydrogen-bond acceptors (Lipinski definition) is 4. The molecule has 5 nitrogen and oxygen atoms in total. The minimum atomic E-state index is -0.563. The molecule has 0 spiro atoms. The number of hydrogen-bond donors (Lipinski definition) is 2. The molecule has 1 saturated heterocycles. The number of carbonyl (C=O) groups is 1. The molecule has 1 heterocycles. The Hall–Kier alpha value is -0.360. The maximum absolute atomic E-state index is 11.6. The van der Waals surface area contributed by atoms with E-state index >= 15 is 0 Å². The first-order valence-electron chi connectivity index (χ1n) is 4.74. The molecular weight excluding hydrogens is 220 g/mol. The lowest BCUT2D eigenvalue weighted by Gasteiger charge is -2.25. The zero-order chi connectivity index (χ0) is 10.6. The van der Waals surface area contributed by atoms with Gasteiger partial charge in [0.2, 0.25) is 0 Å². The van der Waals surface area contributed by atoms with E-state index in [0.29, 0.717) is 13.2 Å². The van der Waals surface area contributed by atoms with Gasteiger partial charge in [0.1, 0.15) is 6.10 Å². The first-order valence-corrected chi connectivity index (χ1v) is 4.74. The normalized spacial score (nSPS) is 26.9. The molecule has 0 aromatic rings. The summed E-state index contributed by atoms with van der Waals surface area (Å²) in [6.45, 7) is 3.40. The molecule has 15 heavy (non-hydrogen) atoms. The van der Waals surface area contributed by atoms with Crippen LogP contribution in [-0.2, 0) is 14.3 Å². The van der Waals surface area contributed by atoms with Gasteiger partial charge in [-0.1, -0.05) is 0 Å². The highest BCUT2D eigenvalue weighted by Gasteiger charge is 2.33. The van der Waals surface area contributed by atoms with Crippen molar-refractivity contribution in [2.45, 2.75) is 25.0 Å². The van der Waals surface area contributed by atoms with E-state index in [4.69, 9.17) is 15.2 Å². The average molecular weight is 239 g/mol. The third kappa shape index (κ3) is 3.95. The second-order valence-corrected chi connectivity index (χ2v) is 3.81. The molecule has 0 aromatic carbocycles. The van der Waals surface area contributed by atoms with Crippen molar-refractivity contribution < 1.29 is 14.3 Å². The lowest BCUT2D eigenvalue weighted by Crippen LogP contribution is -2.52. The van der Waals surface area contributed by atoms with Crippen molar-refractivity contribution in [3.8, 4) is 0 Å². The molecule has 0 aliphatic carbocycles. The third-order valence-electron chi connectivity index (χ3n) is 2.43. The molecule has 1 rings (SSSR count). The van der Waals surface area contributed by atoms with E-state index in [9.17, 15) is 4.79 Å². The lowest BCUT2D eigenvalue weighted by atomic mass is 10.0. The average Bonchev–Trinajstić information content (AvgIpc) is 2.54. The Labute approximate surface area is 96.1 Å². The van der Waals surface area contributed by atoms with Crippen LogP contribution < -0.4 is 11.1 Å². The molecule has 0 saturated carbocycles. The number of halogens is 1. The van der Waals surface area contributed by atoms with Crippen molar-refractivity contribution in [1.29, 1.82) is 0 Å². The first kappa shape index (κ1) is 14.6. The Kier molecular flexibility index (Phi) is 6.12. The second kappa shape index (κ2) is 6.27. The fourth-order valence-electron chi connectivity index (χ4n) is 1.45. The molecule has 1 aliphatic heterocycles. The van der Waals surface area contributed by atoms with Crippen LogP contribution in [0.3, 0.4) is 0 Å². The molecule has 1 amide bonds. The Morgan fingerprint density at radius 1 is 1.73 bits per heavy atom. The molecule has 1 fully saturated rings. The van der Waals surface area contributed by atoms with Gasteiger partial charge in [0.15, 0.2) is 0 Å². The first-order chi connectivity index (χ1) is 6.61. The number of nitrogens with one attached hydrogen (secondary N) is 1. The fourth-order valence-corrected chi connectivity index (χ4v) is 1.45. The van der Waals surface area contributed by atoms with Crippen molar-refractivity contribution >= 4 is 18.3 Å². The number of ether oxygens (including phenoxy) is 2. The summed E-state index contributed by atoms with van der Waals surface area (Å²) < 4.78 is 10.2. The monoisotopic (exact) mass is 238 g/mol. The summed E-state index contributed by atoms with van der Waals surface area (Å²) in [5.74, 6) is -0.164. The Balaban J connectivity index is 0.00000196. The molecule has 6 heteroatoms. The largest absolute Gasteiger partial charge is 0.379 e. The van der Waals surface area contributed by atoms with Gasteiger partial charge in [-0.3, -0.25) is 4.79 Å². The van der Waals surface area contributed by atoms with Gasteiger partial charge in [-0.15, -0.1) is 12.4 Å². The van der Waals surface area contributed by atoms with Gasteiger partial charge < -0.3 is 20.5 Å². The van der Waals surface area contributed by atoms with Crippen LogP contribution in [0, 0.1) is 0 Å². The summed E-state index contributed by atoms with van der Waals surface area (Å²) in [7, 11) is 1.48. The van der Waals surface area contributed by atoms with E-state index in [0.717, 1.165) is 6.42 Å². The highest BCUT2D eigenvalue weighted by molar-refractivity contribution is 5.85. The summed E-state index contributed by atoms with van der Waals surface area (Å²) >= 11 is 0. The molecule has 0 radical (unpaired) electrons. The number of carbonyl (C=O) groups excluding carboxylic acids is 1. The smallest absolute Gasteiger partial charge is 0.250 e. The number of methoxy groups -OCH3 is 1. The van der Waals surface area contributed by atoms with Crippen molar-refractivity contribution in [2.75, 3.05) is 26.9 Å². The van der Waals surface area contributed by atoms with Gasteiger partial charge in [0, 0.05) is 20.3 Å². The Morgan fingerprint density at radius 3 is 2.80 bits per heavy atom. The minimum Gasteiger partial charge on any atom is -0.379 e. The SMILES string of the molecule is COC(CN)C(=O)NC1(C)CCOC1.Cl. The van der Waals surface area contributed by atoms with Crippen LogP contribution in [0.1, 0.15) is 13.3 Å². The van der Waals surface area contributed by atoms with Crippen molar-refractivity contribution in [2.24, 2.45) is 5.73 Å². The zero-order valence-corrected chi connectivity index (χ0v) is 9.93. The topological polar surface area (TPSA) is 73.6 Å². The molecule has 1 aliphatic rings. The van der Waals surface area contributed by atoms with E-state index in [2.05, 4.69) is 5.32 Å². The van der Waals surface area contributed by atoms with Crippen molar-refractivity contribution in [3.05, 3.63) is 0 Å². The summed E-state index contributed by atoms with van der Waals surface area (Å²) in [6.07, 6.45) is 0.271. The molecule has 90 valence electrons. The van der Waals surface area contributed by atoms with Crippen LogP contribution in [0.25, 0.3) is 0 Å². The summed E-state index contributed by atoms with van der Waals surface area (Å²) in [6, 6.07) is 0. The van der Waals surface area contributed by atoms with Crippen molar-refractivity contribution in [3.63, 3.8) is 0 Å². The van der Waals surface area contributed by atoms with Gasteiger partial charge >= 0.3 is 0 Å². The predicted octanol–water partition coefficient (Wildman–Crippen LogP) is -0.323. The van der Waals surface area contributed by atoms with Gasteiger partial charge in [0.05, 0.1) is 12.1 Å². The van der Waals surface area contributed by atoms with E-state index in [1.165, 1.54) is 7.11 Å². The van der Waals surface area contributed by atoms with Crippen LogP contribution in [-0.4, -0.2) is 44.4 Å². The van der Waals surface area contributed by atoms with Gasteiger partial charge in [-0.05, 0) is 13.3 Å². The van der Waals surface area contributed by atoms with Crippen LogP contribution in [0.15, 0.2) is 0 Å². The van der Waals surface area contributed by atoms with Crippen LogP contribution in [0.4, 0.5) is 0 Å². The summed E-state index contributed by atoms with van der Waals surface area (Å²) in [5.41, 5.74) is 5.12. The van der Waals surface area contributed by atoms with E-state index in [1.54, 1.807) is 0 Å². The molecule has 0 bridgehead atoms. The maximum Gasteiger partial charge on any atom is 0.250 e. The van der Waals surface area contributed by atoms with Gasteiger partial charge in [0.25, 0.3) is 5.91 Å². The van der Waals surface area contributed by atoms with Gasteiger partial charge in [-0.25, -0.2) is 0 Å². The third-order valence-corrected chi connectivity index (χ3v) is 2.43. The fraction of sp³-hybridized carbons (Fsp3) is 0.889. The standard InChI is InChI=1S/C9H18N2O3.ClH/c1-9(3-4-14-6-9)11-8(12)7(5-10)13-2;/h7H,3-6,10H2,1-2H3,(H,11,12);1H. The minimum absolute atomic E-state index is 0. The summed E-state index contributed by atoms with van der Waals surface area (Å²) in [5, 5.41) is 2.89. The van der Waals surface area contributed by atoms with Gasteiger partial charge in [-0.2, -0.15) is 0 Å². The Morgan fingerprint density at radius 2 is 2.40 bits per heavy atom. The maximum atomic E-state index is 11.6. The van der Waals surface area contributed by atoms with E-state index in [-0.39, 0.29) is 30.4 Å². The second-order valence-electron chi connectivity index (χ2n) is 3.81. The molecule has 0 aromatic heterocycles. The van der Waals surface area contributed by atoms with Crippen LogP contribution in [0.5, 0.6) is 0 Å². The molecule has 2 atom stereocenters. The highest BCUT2D eigenvalue weighted by atomic mass is 35.5. The van der Waals surface area contributed by atoms with E-state index < -0.39 is 6.10 Å². The number of rotatable bonds is 4. The number of nitrogens with two attached hydrogens (primary N) is 1. The quantitative estimate of drug-likeness (QED) is 0.704. The molecule has 2 unspecified atom stereocenters. The van der Waals surface area contributed by atoms with Crippen LogP contribution in [0.2, 0.25) is 0 Å². The van der Waals surface area contributed by atoms with E-state index in [1.807, 2.05) is 6.92 Å². The van der Waals surface area contributed by atoms with Crippen LogP contribution >= 0.6 is 12.4 Å². The summed E-state index contributed by atoms with van der Waals surface area (Å²) in [4.78, 5) is 11.6. The number of amides is 1. The molecule has 3 N–H and O–H groups in total. The zero-order valence-electron chi connectivity index (χ0n) is 9.12. The van der Waals surface area contributed by atoms with Crippen molar-refractivity contribution in [1.82, 2.24) is 5.32 Å². The molecular formula is C9H19ClN2O3.